The number of benzene rings is 1. The van der Waals surface area contributed by atoms with Gasteiger partial charge in [0.1, 0.15) is 5.75 Å². The molecule has 1 aromatic heterocycles. The largest absolute Gasteiger partial charge is 0.497 e. The highest BCUT2D eigenvalue weighted by Crippen LogP contribution is 2.23. The van der Waals surface area contributed by atoms with Crippen LogP contribution in [0.15, 0.2) is 36.5 Å². The number of hydrogen-bond acceptors (Lipinski definition) is 5. The van der Waals surface area contributed by atoms with Crippen LogP contribution in [0.5, 0.6) is 5.75 Å². The number of hydrogen-bond donors (Lipinski definition) is 1. The summed E-state index contributed by atoms with van der Waals surface area (Å²) in [5.41, 5.74) is 10.4. The van der Waals surface area contributed by atoms with Crippen molar-refractivity contribution in [2.75, 3.05) is 39.1 Å². The number of anilines is 1. The first-order chi connectivity index (χ1) is 11.3. The Kier molecular flexibility index (Phi) is 5.10. The van der Waals surface area contributed by atoms with Crippen LogP contribution in [-0.4, -0.2) is 43.3 Å². The van der Waals surface area contributed by atoms with Crippen LogP contribution in [0.4, 0.5) is 5.69 Å². The van der Waals surface area contributed by atoms with Crippen LogP contribution in [0.2, 0.25) is 0 Å². The van der Waals surface area contributed by atoms with E-state index in [9.17, 15) is 0 Å². The van der Waals surface area contributed by atoms with E-state index < -0.39 is 0 Å². The Bertz CT molecular complexity index is 654. The van der Waals surface area contributed by atoms with Crippen molar-refractivity contribution in [3.05, 3.63) is 53.3 Å². The number of morpholine rings is 1. The lowest BCUT2D eigenvalue weighted by atomic mass is 10.0. The minimum atomic E-state index is 0.760. The van der Waals surface area contributed by atoms with Gasteiger partial charge in [0.15, 0.2) is 0 Å². The number of pyridine rings is 1. The van der Waals surface area contributed by atoms with E-state index in [4.69, 9.17) is 15.2 Å². The molecule has 5 heteroatoms. The number of nitrogen functional groups attached to an aromatic ring is 1. The highest BCUT2D eigenvalue weighted by Gasteiger charge is 2.15. The second-order valence-electron chi connectivity index (χ2n) is 5.74. The molecule has 1 fully saturated rings. The summed E-state index contributed by atoms with van der Waals surface area (Å²) in [6.07, 6.45) is 2.55. The zero-order valence-electron chi connectivity index (χ0n) is 13.5. The van der Waals surface area contributed by atoms with Gasteiger partial charge in [0.2, 0.25) is 0 Å². The van der Waals surface area contributed by atoms with Crippen LogP contribution in [-0.2, 0) is 17.7 Å². The standard InChI is InChI=1S/C18H23N3O2/c1-22-15-4-2-3-14(11-15)12-16-17(19)5-6-20-18(16)13-21-7-9-23-10-8-21/h2-6,11H,7-10,12-13H2,1H3,(H2,19,20). The van der Waals surface area contributed by atoms with Crippen molar-refractivity contribution in [1.82, 2.24) is 9.88 Å². The van der Waals surface area contributed by atoms with Gasteiger partial charge >= 0.3 is 0 Å². The summed E-state index contributed by atoms with van der Waals surface area (Å²) in [5.74, 6) is 0.861. The number of rotatable bonds is 5. The fourth-order valence-corrected chi connectivity index (χ4v) is 2.85. The second-order valence-corrected chi connectivity index (χ2v) is 5.74. The fourth-order valence-electron chi connectivity index (χ4n) is 2.85. The molecule has 2 aromatic rings. The minimum absolute atomic E-state index is 0.760. The van der Waals surface area contributed by atoms with E-state index in [2.05, 4.69) is 16.0 Å². The van der Waals surface area contributed by atoms with Crippen molar-refractivity contribution in [2.24, 2.45) is 0 Å². The molecule has 1 aliphatic rings. The smallest absolute Gasteiger partial charge is 0.119 e. The third-order valence-electron chi connectivity index (χ3n) is 4.17. The predicted octanol–water partition coefficient (Wildman–Crippen LogP) is 2.10. The highest BCUT2D eigenvalue weighted by atomic mass is 16.5. The average Bonchev–Trinajstić information content (AvgIpc) is 2.59. The van der Waals surface area contributed by atoms with Gasteiger partial charge in [-0.05, 0) is 23.8 Å². The Morgan fingerprint density at radius 1 is 1.26 bits per heavy atom. The molecule has 0 saturated carbocycles. The Morgan fingerprint density at radius 3 is 2.87 bits per heavy atom. The summed E-state index contributed by atoms with van der Waals surface area (Å²) in [5, 5.41) is 0. The summed E-state index contributed by atoms with van der Waals surface area (Å²) in [6.45, 7) is 4.26. The van der Waals surface area contributed by atoms with E-state index in [0.717, 1.165) is 62.0 Å². The summed E-state index contributed by atoms with van der Waals surface area (Å²) in [6, 6.07) is 9.96. The van der Waals surface area contributed by atoms with Crippen molar-refractivity contribution in [2.45, 2.75) is 13.0 Å². The van der Waals surface area contributed by atoms with Crippen LogP contribution in [0.25, 0.3) is 0 Å². The molecule has 23 heavy (non-hydrogen) atoms. The van der Waals surface area contributed by atoms with Gasteiger partial charge in [0.25, 0.3) is 0 Å². The molecule has 1 aromatic carbocycles. The Balaban J connectivity index is 1.82. The molecule has 0 spiro atoms. The molecule has 122 valence electrons. The first kappa shape index (κ1) is 15.8. The number of aromatic nitrogens is 1. The van der Waals surface area contributed by atoms with E-state index in [1.165, 1.54) is 5.56 Å². The summed E-state index contributed by atoms with van der Waals surface area (Å²) >= 11 is 0. The van der Waals surface area contributed by atoms with E-state index in [0.29, 0.717) is 0 Å². The van der Waals surface area contributed by atoms with E-state index in [1.54, 1.807) is 13.3 Å². The molecular weight excluding hydrogens is 290 g/mol. The molecule has 3 rings (SSSR count). The van der Waals surface area contributed by atoms with Gasteiger partial charge in [0, 0.05) is 43.5 Å². The van der Waals surface area contributed by atoms with Gasteiger partial charge in [-0.15, -0.1) is 0 Å². The average molecular weight is 313 g/mol. The summed E-state index contributed by atoms with van der Waals surface area (Å²) in [7, 11) is 1.68. The molecular formula is C18H23N3O2. The highest BCUT2D eigenvalue weighted by molar-refractivity contribution is 5.50. The maximum atomic E-state index is 6.23. The maximum absolute atomic E-state index is 6.23. The number of nitrogens with two attached hydrogens (primary N) is 1. The lowest BCUT2D eigenvalue weighted by molar-refractivity contribution is 0.0335. The van der Waals surface area contributed by atoms with Crippen LogP contribution >= 0.6 is 0 Å². The van der Waals surface area contributed by atoms with Gasteiger partial charge in [-0.1, -0.05) is 12.1 Å². The number of nitrogens with zero attached hydrogens (tertiary/aromatic N) is 2. The molecule has 1 aliphatic heterocycles. The molecule has 0 unspecified atom stereocenters. The zero-order chi connectivity index (χ0) is 16.1. The molecule has 1 saturated heterocycles. The number of methoxy groups -OCH3 is 1. The van der Waals surface area contributed by atoms with Crippen LogP contribution < -0.4 is 10.5 Å². The fraction of sp³-hybridized carbons (Fsp3) is 0.389. The normalized spacial score (nSPS) is 15.5. The lowest BCUT2D eigenvalue weighted by Gasteiger charge is -2.27. The summed E-state index contributed by atoms with van der Waals surface area (Å²) < 4.78 is 10.7. The van der Waals surface area contributed by atoms with Crippen molar-refractivity contribution in [1.29, 1.82) is 0 Å². The molecule has 0 radical (unpaired) electrons. The number of ether oxygens (including phenoxy) is 2. The molecule has 0 bridgehead atoms. The second kappa shape index (κ2) is 7.44. The van der Waals surface area contributed by atoms with E-state index in [-0.39, 0.29) is 0 Å². The molecule has 2 N–H and O–H groups in total. The van der Waals surface area contributed by atoms with Gasteiger partial charge < -0.3 is 15.2 Å². The quantitative estimate of drug-likeness (QED) is 0.916. The lowest BCUT2D eigenvalue weighted by Crippen LogP contribution is -2.36. The van der Waals surface area contributed by atoms with Crippen molar-refractivity contribution in [3.8, 4) is 5.75 Å². The van der Waals surface area contributed by atoms with Crippen molar-refractivity contribution >= 4 is 5.69 Å². The zero-order valence-corrected chi connectivity index (χ0v) is 13.5. The van der Waals surface area contributed by atoms with Crippen LogP contribution in [0.1, 0.15) is 16.8 Å². The molecule has 0 atom stereocenters. The third-order valence-corrected chi connectivity index (χ3v) is 4.17. The van der Waals surface area contributed by atoms with Crippen LogP contribution in [0, 0.1) is 0 Å². The Hall–Kier alpha value is -2.11. The third kappa shape index (κ3) is 4.00. The molecule has 2 heterocycles. The molecule has 0 amide bonds. The maximum Gasteiger partial charge on any atom is 0.119 e. The van der Waals surface area contributed by atoms with Gasteiger partial charge in [0.05, 0.1) is 26.0 Å². The van der Waals surface area contributed by atoms with Gasteiger partial charge in [-0.2, -0.15) is 0 Å². The molecule has 0 aliphatic carbocycles. The van der Waals surface area contributed by atoms with Crippen molar-refractivity contribution < 1.29 is 9.47 Å². The Morgan fingerprint density at radius 2 is 2.09 bits per heavy atom. The van der Waals surface area contributed by atoms with E-state index in [1.807, 2.05) is 24.3 Å². The van der Waals surface area contributed by atoms with Crippen LogP contribution in [0.3, 0.4) is 0 Å². The first-order valence-corrected chi connectivity index (χ1v) is 7.91. The SMILES string of the molecule is COc1cccc(Cc2c(N)ccnc2CN2CCOCC2)c1. The van der Waals surface area contributed by atoms with Gasteiger partial charge in [-0.3, -0.25) is 9.88 Å². The minimum Gasteiger partial charge on any atom is -0.497 e. The Labute approximate surface area is 137 Å². The topological polar surface area (TPSA) is 60.6 Å². The monoisotopic (exact) mass is 313 g/mol. The first-order valence-electron chi connectivity index (χ1n) is 7.91. The summed E-state index contributed by atoms with van der Waals surface area (Å²) in [4.78, 5) is 6.94. The van der Waals surface area contributed by atoms with Crippen molar-refractivity contribution in [3.63, 3.8) is 0 Å². The molecule has 5 nitrogen and oxygen atoms in total. The predicted molar refractivity (Wildman–Crippen MR) is 90.5 cm³/mol. The van der Waals surface area contributed by atoms with E-state index >= 15 is 0 Å². The van der Waals surface area contributed by atoms with Gasteiger partial charge in [-0.25, -0.2) is 0 Å².